The van der Waals surface area contributed by atoms with E-state index in [-0.39, 0.29) is 11.5 Å². The van der Waals surface area contributed by atoms with Crippen molar-refractivity contribution < 1.29 is 9.72 Å². The van der Waals surface area contributed by atoms with Crippen LogP contribution in [0.3, 0.4) is 0 Å². The molecule has 0 atom stereocenters. The number of benzene rings is 1. The summed E-state index contributed by atoms with van der Waals surface area (Å²) in [5, 5.41) is 15.0. The van der Waals surface area contributed by atoms with Crippen LogP contribution >= 0.6 is 11.3 Å². The Hall–Kier alpha value is -2.28. The number of nitro benzene ring substituents is 1. The molecule has 110 valence electrons. The Bertz CT molecular complexity index is 682. The van der Waals surface area contributed by atoms with Crippen molar-refractivity contribution in [3.05, 3.63) is 50.0 Å². The molecule has 1 aromatic heterocycles. The number of hydrogen-bond donors (Lipinski definition) is 1. The van der Waals surface area contributed by atoms with E-state index in [1.54, 1.807) is 23.5 Å². The van der Waals surface area contributed by atoms with Crippen LogP contribution in [0.4, 0.5) is 11.4 Å². The number of Topliss-reactive ketones (excluding diaryl/α,β-unsaturated/α-hetero) is 1. The van der Waals surface area contributed by atoms with E-state index in [1.165, 1.54) is 17.9 Å². The van der Waals surface area contributed by atoms with E-state index in [0.29, 0.717) is 17.8 Å². The summed E-state index contributed by atoms with van der Waals surface area (Å²) in [5.74, 6) is -0.197. The fraction of sp³-hybridized carbons (Fsp3) is 0.286. The molecule has 0 aliphatic rings. The first-order valence-corrected chi connectivity index (χ1v) is 7.29. The van der Waals surface area contributed by atoms with E-state index in [9.17, 15) is 14.9 Å². The maximum atomic E-state index is 11.3. The van der Waals surface area contributed by atoms with Crippen molar-refractivity contribution in [3.63, 3.8) is 0 Å². The Morgan fingerprint density at radius 3 is 2.81 bits per heavy atom. The third-order valence-corrected chi connectivity index (χ3v) is 4.12. The van der Waals surface area contributed by atoms with E-state index in [4.69, 9.17) is 0 Å². The van der Waals surface area contributed by atoms with Gasteiger partial charge in [0.05, 0.1) is 11.5 Å². The van der Waals surface area contributed by atoms with E-state index in [1.807, 2.05) is 6.20 Å². The minimum Gasteiger partial charge on any atom is -0.373 e. The molecule has 7 heteroatoms. The van der Waals surface area contributed by atoms with Crippen LogP contribution in [0.25, 0.3) is 0 Å². The van der Waals surface area contributed by atoms with Crippen LogP contribution in [-0.4, -0.2) is 15.7 Å². The average Bonchev–Trinajstić information content (AvgIpc) is 2.92. The van der Waals surface area contributed by atoms with Crippen molar-refractivity contribution >= 4 is 28.5 Å². The highest BCUT2D eigenvalue weighted by atomic mass is 32.1. The highest BCUT2D eigenvalue weighted by molar-refractivity contribution is 7.11. The summed E-state index contributed by atoms with van der Waals surface area (Å²) >= 11 is 1.58. The summed E-state index contributed by atoms with van der Waals surface area (Å²) in [7, 11) is 0. The number of carbonyl (C=O) groups is 1. The molecule has 2 aromatic rings. The minimum absolute atomic E-state index is 0.102. The lowest BCUT2D eigenvalue weighted by atomic mass is 10.1. The van der Waals surface area contributed by atoms with Crippen LogP contribution < -0.4 is 5.32 Å². The molecule has 0 aliphatic carbocycles. The Kier molecular flexibility index (Phi) is 4.64. The number of anilines is 1. The van der Waals surface area contributed by atoms with Gasteiger partial charge in [0.1, 0.15) is 10.7 Å². The van der Waals surface area contributed by atoms with Crippen molar-refractivity contribution in [1.82, 2.24) is 4.98 Å². The summed E-state index contributed by atoms with van der Waals surface area (Å²) in [6, 6.07) is 4.43. The van der Waals surface area contributed by atoms with Gasteiger partial charge >= 0.3 is 0 Å². The molecule has 0 saturated carbocycles. The van der Waals surface area contributed by atoms with Gasteiger partial charge in [0, 0.05) is 22.7 Å². The number of nitrogens with zero attached hydrogens (tertiary/aromatic N) is 2. The molecule has 0 bridgehead atoms. The number of nitro groups is 1. The van der Waals surface area contributed by atoms with Crippen LogP contribution in [0, 0.1) is 10.1 Å². The highest BCUT2D eigenvalue weighted by Crippen LogP contribution is 2.26. The van der Waals surface area contributed by atoms with E-state index in [0.717, 1.165) is 11.4 Å². The van der Waals surface area contributed by atoms with Gasteiger partial charge in [0.15, 0.2) is 5.78 Å². The Morgan fingerprint density at radius 2 is 2.24 bits per heavy atom. The molecule has 1 heterocycles. The summed E-state index contributed by atoms with van der Waals surface area (Å²) in [6.07, 6.45) is 2.74. The second-order valence-corrected chi connectivity index (χ2v) is 5.67. The zero-order chi connectivity index (χ0) is 15.4. The molecule has 6 nitrogen and oxygen atoms in total. The number of nitrogens with one attached hydrogen (secondary N) is 1. The van der Waals surface area contributed by atoms with E-state index in [2.05, 4.69) is 17.2 Å². The lowest BCUT2D eigenvalue weighted by Crippen LogP contribution is -2.04. The summed E-state index contributed by atoms with van der Waals surface area (Å²) < 4.78 is 0. The number of thiazole rings is 1. The SMILES string of the molecule is CCc1cnc(CNc2ccc(C(C)=O)cc2[N+](=O)[O-])s1. The number of rotatable bonds is 6. The first-order chi connectivity index (χ1) is 10.0. The molecule has 2 rings (SSSR count). The second-order valence-electron chi connectivity index (χ2n) is 4.47. The predicted molar refractivity (Wildman–Crippen MR) is 81.9 cm³/mol. The third kappa shape index (κ3) is 3.63. The van der Waals surface area contributed by atoms with Gasteiger partial charge in [0.2, 0.25) is 0 Å². The lowest BCUT2D eigenvalue weighted by Gasteiger charge is -2.06. The Balaban J connectivity index is 2.19. The van der Waals surface area contributed by atoms with Gasteiger partial charge < -0.3 is 5.32 Å². The molecule has 0 amide bonds. The van der Waals surface area contributed by atoms with Gasteiger partial charge in [-0.3, -0.25) is 14.9 Å². The summed E-state index contributed by atoms with van der Waals surface area (Å²) in [4.78, 5) is 27.3. The molecular formula is C14H15N3O3S. The van der Waals surface area contributed by atoms with Crippen LogP contribution in [-0.2, 0) is 13.0 Å². The van der Waals surface area contributed by atoms with E-state index < -0.39 is 4.92 Å². The van der Waals surface area contributed by atoms with Crippen LogP contribution in [0.15, 0.2) is 24.4 Å². The number of hydrogen-bond acceptors (Lipinski definition) is 6. The maximum absolute atomic E-state index is 11.3. The lowest BCUT2D eigenvalue weighted by molar-refractivity contribution is -0.384. The molecule has 0 saturated heterocycles. The van der Waals surface area contributed by atoms with Crippen molar-refractivity contribution in [1.29, 1.82) is 0 Å². The van der Waals surface area contributed by atoms with Crippen LogP contribution in [0.2, 0.25) is 0 Å². The number of ketones is 1. The maximum Gasteiger partial charge on any atom is 0.293 e. The van der Waals surface area contributed by atoms with Gasteiger partial charge in [-0.1, -0.05) is 6.92 Å². The van der Waals surface area contributed by atoms with E-state index >= 15 is 0 Å². The number of carbonyl (C=O) groups excluding carboxylic acids is 1. The summed E-state index contributed by atoms with van der Waals surface area (Å²) in [5.41, 5.74) is 0.614. The normalized spacial score (nSPS) is 10.4. The van der Waals surface area contributed by atoms with Crippen molar-refractivity contribution in [2.24, 2.45) is 0 Å². The van der Waals surface area contributed by atoms with Crippen molar-refractivity contribution in [3.8, 4) is 0 Å². The third-order valence-electron chi connectivity index (χ3n) is 2.98. The fourth-order valence-corrected chi connectivity index (χ4v) is 2.62. The molecule has 0 unspecified atom stereocenters. The molecule has 0 aliphatic heterocycles. The predicted octanol–water partition coefficient (Wildman–Crippen LogP) is 3.43. The first-order valence-electron chi connectivity index (χ1n) is 6.48. The second kappa shape index (κ2) is 6.45. The van der Waals surface area contributed by atoms with Crippen LogP contribution in [0.1, 0.15) is 34.1 Å². The Labute approximate surface area is 126 Å². The van der Waals surface area contributed by atoms with Crippen LogP contribution in [0.5, 0.6) is 0 Å². The van der Waals surface area contributed by atoms with Crippen molar-refractivity contribution in [2.75, 3.05) is 5.32 Å². The van der Waals surface area contributed by atoms with Gasteiger partial charge in [-0.15, -0.1) is 11.3 Å². The molecule has 1 aromatic carbocycles. The monoisotopic (exact) mass is 305 g/mol. The smallest absolute Gasteiger partial charge is 0.293 e. The highest BCUT2D eigenvalue weighted by Gasteiger charge is 2.16. The quantitative estimate of drug-likeness (QED) is 0.502. The molecule has 1 N–H and O–H groups in total. The van der Waals surface area contributed by atoms with Gasteiger partial charge in [-0.25, -0.2) is 4.98 Å². The fourth-order valence-electron chi connectivity index (χ4n) is 1.82. The molecule has 0 radical (unpaired) electrons. The van der Waals surface area contributed by atoms with Gasteiger partial charge in [-0.05, 0) is 25.5 Å². The average molecular weight is 305 g/mol. The first kappa shape index (κ1) is 15.1. The number of aryl methyl sites for hydroxylation is 1. The minimum atomic E-state index is -0.492. The summed E-state index contributed by atoms with van der Waals surface area (Å²) in [6.45, 7) is 3.86. The van der Waals surface area contributed by atoms with Gasteiger partial charge in [0.25, 0.3) is 5.69 Å². The molecular weight excluding hydrogens is 290 g/mol. The molecule has 0 fully saturated rings. The Morgan fingerprint density at radius 1 is 1.48 bits per heavy atom. The van der Waals surface area contributed by atoms with Gasteiger partial charge in [-0.2, -0.15) is 0 Å². The topological polar surface area (TPSA) is 85.1 Å². The molecule has 21 heavy (non-hydrogen) atoms. The molecule has 0 spiro atoms. The van der Waals surface area contributed by atoms with Crippen molar-refractivity contribution in [2.45, 2.75) is 26.8 Å². The standard InChI is InChI=1S/C14H15N3O3S/c1-3-11-7-16-14(21-11)8-15-12-5-4-10(9(2)18)6-13(12)17(19)20/h4-7,15H,3,8H2,1-2H3. The zero-order valence-corrected chi connectivity index (χ0v) is 12.6. The largest absolute Gasteiger partial charge is 0.373 e. The number of aromatic nitrogens is 1. The zero-order valence-electron chi connectivity index (χ0n) is 11.8.